The average molecular weight is 302 g/mol. The first kappa shape index (κ1) is 16.1. The number of para-hydroxylation sites is 1. The molecule has 1 heterocycles. The van der Waals surface area contributed by atoms with Gasteiger partial charge in [0.15, 0.2) is 0 Å². The van der Waals surface area contributed by atoms with E-state index in [0.717, 1.165) is 25.6 Å². The van der Waals surface area contributed by atoms with Crippen molar-refractivity contribution in [3.63, 3.8) is 0 Å². The van der Waals surface area contributed by atoms with Crippen molar-refractivity contribution in [1.29, 1.82) is 0 Å². The zero-order valence-electron chi connectivity index (χ0n) is 12.1. The fourth-order valence-electron chi connectivity index (χ4n) is 2.77. The highest BCUT2D eigenvalue weighted by atomic mass is 19.4. The van der Waals surface area contributed by atoms with Crippen LogP contribution in [0.4, 0.5) is 13.2 Å². The Labute approximate surface area is 122 Å². The molecule has 0 aromatic heterocycles. The lowest BCUT2D eigenvalue weighted by molar-refractivity contribution is -0.139. The molecule has 1 fully saturated rings. The number of hydrogen-bond donors (Lipinski definition) is 1. The number of nitrogens with two attached hydrogens (primary N) is 1. The van der Waals surface area contributed by atoms with Crippen LogP contribution in [-0.2, 0) is 6.18 Å². The largest absolute Gasteiger partial charge is 0.493 e. The van der Waals surface area contributed by atoms with Crippen molar-refractivity contribution in [2.24, 2.45) is 17.6 Å². The minimum atomic E-state index is -4.40. The maximum absolute atomic E-state index is 12.9. The van der Waals surface area contributed by atoms with Gasteiger partial charge in [0, 0.05) is 12.5 Å². The van der Waals surface area contributed by atoms with Crippen LogP contribution in [0.3, 0.4) is 0 Å². The molecule has 0 bridgehead atoms. The summed E-state index contributed by atoms with van der Waals surface area (Å²) in [7, 11) is 2.04. The normalized spacial score (nSPS) is 21.5. The van der Waals surface area contributed by atoms with Gasteiger partial charge < -0.3 is 15.4 Å². The van der Waals surface area contributed by atoms with E-state index in [1.165, 1.54) is 12.1 Å². The molecule has 0 spiro atoms. The monoisotopic (exact) mass is 302 g/mol. The van der Waals surface area contributed by atoms with E-state index in [2.05, 4.69) is 4.90 Å². The molecule has 1 aliphatic rings. The standard InChI is InChI=1S/C15H21F3N2O/c1-20-7-6-11(9-20)12(8-19)10-21-14-5-3-2-4-13(14)15(16,17)18/h2-5,11-12H,6-10,19H2,1H3. The van der Waals surface area contributed by atoms with E-state index in [0.29, 0.717) is 12.5 Å². The molecule has 2 atom stereocenters. The second kappa shape index (κ2) is 6.66. The Morgan fingerprint density at radius 3 is 2.67 bits per heavy atom. The summed E-state index contributed by atoms with van der Waals surface area (Å²) in [5.41, 5.74) is 5.03. The second-order valence-corrected chi connectivity index (χ2v) is 5.61. The molecule has 2 unspecified atom stereocenters. The Bertz CT molecular complexity index is 464. The van der Waals surface area contributed by atoms with Crippen molar-refractivity contribution >= 4 is 0 Å². The van der Waals surface area contributed by atoms with Crippen LogP contribution in [0.1, 0.15) is 12.0 Å². The van der Waals surface area contributed by atoms with Crippen LogP contribution < -0.4 is 10.5 Å². The average Bonchev–Trinajstić information content (AvgIpc) is 2.85. The molecule has 1 aromatic rings. The lowest BCUT2D eigenvalue weighted by atomic mass is 9.92. The molecule has 2 rings (SSSR count). The number of halogens is 3. The van der Waals surface area contributed by atoms with E-state index in [1.54, 1.807) is 6.07 Å². The van der Waals surface area contributed by atoms with Gasteiger partial charge in [-0.15, -0.1) is 0 Å². The smallest absolute Gasteiger partial charge is 0.419 e. The molecule has 0 saturated carbocycles. The molecular weight excluding hydrogens is 281 g/mol. The number of rotatable bonds is 5. The summed E-state index contributed by atoms with van der Waals surface area (Å²) in [5.74, 6) is 0.351. The lowest BCUT2D eigenvalue weighted by Gasteiger charge is -2.23. The Morgan fingerprint density at radius 2 is 2.10 bits per heavy atom. The van der Waals surface area contributed by atoms with Gasteiger partial charge in [-0.25, -0.2) is 0 Å². The summed E-state index contributed by atoms with van der Waals surface area (Å²) >= 11 is 0. The molecule has 1 saturated heterocycles. The maximum Gasteiger partial charge on any atom is 0.419 e. The fourth-order valence-corrected chi connectivity index (χ4v) is 2.77. The van der Waals surface area contributed by atoms with E-state index in [-0.39, 0.29) is 18.3 Å². The van der Waals surface area contributed by atoms with Crippen molar-refractivity contribution in [2.75, 3.05) is 33.3 Å². The zero-order chi connectivity index (χ0) is 15.5. The van der Waals surface area contributed by atoms with Gasteiger partial charge in [0.2, 0.25) is 0 Å². The van der Waals surface area contributed by atoms with Crippen LogP contribution in [0.25, 0.3) is 0 Å². The highest BCUT2D eigenvalue weighted by molar-refractivity contribution is 5.35. The van der Waals surface area contributed by atoms with Crippen molar-refractivity contribution < 1.29 is 17.9 Å². The van der Waals surface area contributed by atoms with E-state index in [9.17, 15) is 13.2 Å². The first-order chi connectivity index (χ1) is 9.91. The lowest BCUT2D eigenvalue weighted by Crippen LogP contribution is -2.31. The van der Waals surface area contributed by atoms with E-state index in [4.69, 9.17) is 10.5 Å². The third kappa shape index (κ3) is 4.11. The summed E-state index contributed by atoms with van der Waals surface area (Å²) in [6, 6.07) is 5.31. The highest BCUT2D eigenvalue weighted by Gasteiger charge is 2.34. The number of nitrogens with zero attached hydrogens (tertiary/aromatic N) is 1. The van der Waals surface area contributed by atoms with Gasteiger partial charge in [-0.1, -0.05) is 12.1 Å². The van der Waals surface area contributed by atoms with E-state index in [1.807, 2.05) is 7.05 Å². The molecule has 0 radical (unpaired) electrons. The summed E-state index contributed by atoms with van der Waals surface area (Å²) in [5, 5.41) is 0. The van der Waals surface area contributed by atoms with Gasteiger partial charge in [0.25, 0.3) is 0 Å². The Kier molecular flexibility index (Phi) is 5.11. The first-order valence-corrected chi connectivity index (χ1v) is 7.09. The Hall–Kier alpha value is -1.27. The molecule has 6 heteroatoms. The van der Waals surface area contributed by atoms with Gasteiger partial charge in [0.05, 0.1) is 12.2 Å². The number of ether oxygens (including phenoxy) is 1. The van der Waals surface area contributed by atoms with Crippen LogP contribution in [0, 0.1) is 11.8 Å². The van der Waals surface area contributed by atoms with E-state index >= 15 is 0 Å². The predicted molar refractivity (Wildman–Crippen MR) is 75.1 cm³/mol. The summed E-state index contributed by atoms with van der Waals surface area (Å²) < 4.78 is 44.1. The molecule has 0 aliphatic carbocycles. The van der Waals surface area contributed by atoms with Gasteiger partial charge in [0.1, 0.15) is 5.75 Å². The number of likely N-dealkylation sites (tertiary alicyclic amines) is 1. The van der Waals surface area contributed by atoms with Gasteiger partial charge >= 0.3 is 6.18 Å². The first-order valence-electron chi connectivity index (χ1n) is 7.09. The SMILES string of the molecule is CN1CCC(C(CN)COc2ccccc2C(F)(F)F)C1. The highest BCUT2D eigenvalue weighted by Crippen LogP contribution is 2.36. The van der Waals surface area contributed by atoms with Crippen LogP contribution in [0.2, 0.25) is 0 Å². The fraction of sp³-hybridized carbons (Fsp3) is 0.600. The van der Waals surface area contributed by atoms with Crippen LogP contribution in [0.15, 0.2) is 24.3 Å². The number of benzene rings is 1. The quantitative estimate of drug-likeness (QED) is 0.908. The molecule has 2 N–H and O–H groups in total. The molecule has 3 nitrogen and oxygen atoms in total. The summed E-state index contributed by atoms with van der Waals surface area (Å²) in [4.78, 5) is 2.21. The molecule has 21 heavy (non-hydrogen) atoms. The van der Waals surface area contributed by atoms with Crippen molar-refractivity contribution in [3.05, 3.63) is 29.8 Å². The second-order valence-electron chi connectivity index (χ2n) is 5.61. The van der Waals surface area contributed by atoms with Crippen molar-refractivity contribution in [3.8, 4) is 5.75 Å². The molecule has 1 aromatic carbocycles. The molecule has 0 amide bonds. The van der Waals surface area contributed by atoms with Gasteiger partial charge in [-0.05, 0) is 44.6 Å². The molecular formula is C15H21F3N2O. The summed E-state index contributed by atoms with van der Waals surface area (Å²) in [6.45, 7) is 2.57. The molecule has 118 valence electrons. The number of hydrogen-bond acceptors (Lipinski definition) is 3. The van der Waals surface area contributed by atoms with Crippen LogP contribution in [0.5, 0.6) is 5.75 Å². The summed E-state index contributed by atoms with van der Waals surface area (Å²) in [6.07, 6.45) is -3.38. The van der Waals surface area contributed by atoms with Gasteiger partial charge in [-0.3, -0.25) is 0 Å². The topological polar surface area (TPSA) is 38.5 Å². The Balaban J connectivity index is 2.02. The van der Waals surface area contributed by atoms with Gasteiger partial charge in [-0.2, -0.15) is 13.2 Å². The number of alkyl halides is 3. The Morgan fingerprint density at radius 1 is 1.38 bits per heavy atom. The van der Waals surface area contributed by atoms with E-state index < -0.39 is 11.7 Å². The van der Waals surface area contributed by atoms with Crippen molar-refractivity contribution in [2.45, 2.75) is 12.6 Å². The van der Waals surface area contributed by atoms with Crippen LogP contribution in [-0.4, -0.2) is 38.2 Å². The van der Waals surface area contributed by atoms with Crippen LogP contribution >= 0.6 is 0 Å². The van der Waals surface area contributed by atoms with Crippen molar-refractivity contribution in [1.82, 2.24) is 4.90 Å². The third-order valence-corrected chi connectivity index (χ3v) is 4.04. The molecule has 1 aliphatic heterocycles. The minimum Gasteiger partial charge on any atom is -0.493 e. The predicted octanol–water partition coefficient (Wildman–Crippen LogP) is 2.61. The maximum atomic E-state index is 12.9. The zero-order valence-corrected chi connectivity index (χ0v) is 12.1. The minimum absolute atomic E-state index is 0.0799. The third-order valence-electron chi connectivity index (χ3n) is 4.04.